The first kappa shape index (κ1) is 16.9. The number of nitrogens with one attached hydrogen (secondary N) is 2. The first-order valence-corrected chi connectivity index (χ1v) is 7.34. The maximum atomic E-state index is 12.0. The molecule has 0 spiro atoms. The Morgan fingerprint density at radius 3 is 2.52 bits per heavy atom. The fraction of sp³-hybridized carbons (Fsp3) is 0.250. The smallest absolute Gasteiger partial charge is 0.279 e. The number of ether oxygens (including phenoxy) is 1. The molecule has 0 bridgehead atoms. The maximum absolute atomic E-state index is 12.0. The molecule has 0 radical (unpaired) electrons. The second-order valence-electron chi connectivity index (χ2n) is 4.96. The lowest BCUT2D eigenvalue weighted by Gasteiger charge is -2.15. The summed E-state index contributed by atoms with van der Waals surface area (Å²) in [5.74, 6) is 0.530. The monoisotopic (exact) mass is 336 g/mol. The summed E-state index contributed by atoms with van der Waals surface area (Å²) in [5, 5.41) is 0.403. The summed E-state index contributed by atoms with van der Waals surface area (Å²) in [6.07, 6.45) is -0.831. The highest BCUT2D eigenvalue weighted by atomic mass is 35.5. The van der Waals surface area contributed by atoms with Crippen LogP contribution in [-0.4, -0.2) is 17.9 Å². The molecular weight excluding hydrogens is 320 g/mol. The zero-order valence-corrected chi connectivity index (χ0v) is 13.7. The van der Waals surface area contributed by atoms with Gasteiger partial charge in [-0.3, -0.25) is 20.4 Å². The van der Waals surface area contributed by atoms with E-state index < -0.39 is 17.9 Å². The van der Waals surface area contributed by atoms with Crippen LogP contribution >= 0.6 is 11.6 Å². The van der Waals surface area contributed by atoms with Gasteiger partial charge in [0.25, 0.3) is 11.8 Å². The van der Waals surface area contributed by atoms with Crippen molar-refractivity contribution in [3.63, 3.8) is 0 Å². The normalized spacial score (nSPS) is 11.7. The number of para-hydroxylation sites is 1. The zero-order valence-electron chi connectivity index (χ0n) is 13.0. The van der Waals surface area contributed by atoms with Crippen LogP contribution in [0.25, 0.3) is 0 Å². The first-order chi connectivity index (χ1) is 10.9. The zero-order chi connectivity index (χ0) is 17.0. The van der Waals surface area contributed by atoms with Crippen LogP contribution in [0.4, 0.5) is 0 Å². The van der Waals surface area contributed by atoms with Gasteiger partial charge in [0.2, 0.25) is 0 Å². The van der Waals surface area contributed by atoms with Gasteiger partial charge in [0.15, 0.2) is 6.10 Å². The molecule has 1 unspecified atom stereocenters. The van der Waals surface area contributed by atoms with Crippen molar-refractivity contribution >= 4 is 23.4 Å². The van der Waals surface area contributed by atoms with Gasteiger partial charge in [-0.2, -0.15) is 0 Å². The van der Waals surface area contributed by atoms with Crippen LogP contribution < -0.4 is 15.6 Å². The van der Waals surface area contributed by atoms with E-state index in [1.54, 1.807) is 51.1 Å². The van der Waals surface area contributed by atoms with Gasteiger partial charge in [-0.05, 0) is 39.0 Å². The van der Waals surface area contributed by atoms with Crippen molar-refractivity contribution in [1.29, 1.82) is 0 Å². The molecule has 0 fully saturated rings. The Morgan fingerprint density at radius 1 is 1.22 bits per heavy atom. The van der Waals surface area contributed by atoms with Crippen molar-refractivity contribution < 1.29 is 18.7 Å². The number of benzene rings is 1. The summed E-state index contributed by atoms with van der Waals surface area (Å²) in [4.78, 5) is 23.9. The molecule has 2 amide bonds. The number of carbonyl (C=O) groups is 2. The highest BCUT2D eigenvalue weighted by Crippen LogP contribution is 2.24. The number of halogens is 1. The molecule has 0 aliphatic carbocycles. The predicted molar refractivity (Wildman–Crippen MR) is 85.3 cm³/mol. The molecule has 1 atom stereocenters. The van der Waals surface area contributed by atoms with Crippen LogP contribution in [0.3, 0.4) is 0 Å². The first-order valence-electron chi connectivity index (χ1n) is 6.97. The highest BCUT2D eigenvalue weighted by molar-refractivity contribution is 6.32. The summed E-state index contributed by atoms with van der Waals surface area (Å²) in [6.45, 7) is 4.97. The molecule has 1 aromatic carbocycles. The Bertz CT molecular complexity index is 727. The molecule has 2 N–H and O–H groups in total. The van der Waals surface area contributed by atoms with Crippen LogP contribution in [0.5, 0.6) is 5.75 Å². The Labute approximate surface area is 138 Å². The van der Waals surface area contributed by atoms with Crippen molar-refractivity contribution in [3.05, 3.63) is 52.4 Å². The van der Waals surface area contributed by atoms with E-state index in [9.17, 15) is 9.59 Å². The van der Waals surface area contributed by atoms with Crippen molar-refractivity contribution in [2.45, 2.75) is 26.9 Å². The number of carbonyl (C=O) groups excluding carboxylic acids is 2. The molecule has 1 heterocycles. The van der Waals surface area contributed by atoms with Gasteiger partial charge in [-0.15, -0.1) is 0 Å². The van der Waals surface area contributed by atoms with Crippen LogP contribution in [-0.2, 0) is 4.79 Å². The van der Waals surface area contributed by atoms with E-state index >= 15 is 0 Å². The molecule has 0 saturated carbocycles. The number of aryl methyl sites for hydroxylation is 2. The summed E-state index contributed by atoms with van der Waals surface area (Å²) in [6, 6.07) is 8.42. The van der Waals surface area contributed by atoms with Gasteiger partial charge in [0.05, 0.1) is 10.6 Å². The second kappa shape index (κ2) is 7.19. The van der Waals surface area contributed by atoms with Crippen LogP contribution in [0, 0.1) is 13.8 Å². The SMILES string of the molecule is Cc1cc(C(=O)NNC(=O)C(C)Oc2ccccc2Cl)c(C)o1. The topological polar surface area (TPSA) is 80.6 Å². The van der Waals surface area contributed by atoms with Gasteiger partial charge >= 0.3 is 0 Å². The molecule has 7 heteroatoms. The average molecular weight is 337 g/mol. The minimum absolute atomic E-state index is 0.363. The fourth-order valence-electron chi connectivity index (χ4n) is 1.93. The number of rotatable bonds is 4. The Hall–Kier alpha value is -2.47. The minimum Gasteiger partial charge on any atom is -0.479 e. The number of hydrogen-bond donors (Lipinski definition) is 2. The van der Waals surface area contributed by atoms with Gasteiger partial charge < -0.3 is 9.15 Å². The molecule has 2 aromatic rings. The quantitative estimate of drug-likeness (QED) is 0.841. The average Bonchev–Trinajstić information content (AvgIpc) is 2.85. The van der Waals surface area contributed by atoms with Crippen LogP contribution in [0.1, 0.15) is 28.8 Å². The number of furan rings is 1. The van der Waals surface area contributed by atoms with Gasteiger partial charge in [0, 0.05) is 0 Å². The van der Waals surface area contributed by atoms with Crippen molar-refractivity contribution in [1.82, 2.24) is 10.9 Å². The van der Waals surface area contributed by atoms with E-state index in [0.29, 0.717) is 27.9 Å². The summed E-state index contributed by atoms with van der Waals surface area (Å²) in [5.41, 5.74) is 4.99. The Balaban J connectivity index is 1.90. The highest BCUT2D eigenvalue weighted by Gasteiger charge is 2.18. The third-order valence-electron chi connectivity index (χ3n) is 3.09. The van der Waals surface area contributed by atoms with E-state index in [0.717, 1.165) is 0 Å². The van der Waals surface area contributed by atoms with E-state index in [1.165, 1.54) is 0 Å². The van der Waals surface area contributed by atoms with E-state index in [4.69, 9.17) is 20.8 Å². The number of hydrogen-bond acceptors (Lipinski definition) is 4. The standard InChI is InChI=1S/C16H17ClN2O4/c1-9-8-12(10(2)22-9)16(21)19-18-15(20)11(3)23-14-7-5-4-6-13(14)17/h4-8,11H,1-3H3,(H,18,20)(H,19,21). The largest absolute Gasteiger partial charge is 0.479 e. The molecule has 122 valence electrons. The lowest BCUT2D eigenvalue weighted by Crippen LogP contribution is -2.47. The van der Waals surface area contributed by atoms with Crippen molar-refractivity contribution in [3.8, 4) is 5.75 Å². The molecule has 0 aliphatic rings. The molecule has 2 rings (SSSR count). The minimum atomic E-state index is -0.831. The number of amides is 2. The molecule has 1 aromatic heterocycles. The lowest BCUT2D eigenvalue weighted by atomic mass is 10.2. The Morgan fingerprint density at radius 2 is 1.91 bits per heavy atom. The summed E-state index contributed by atoms with van der Waals surface area (Å²) in [7, 11) is 0. The second-order valence-corrected chi connectivity index (χ2v) is 5.37. The predicted octanol–water partition coefficient (Wildman–Crippen LogP) is 2.78. The van der Waals surface area contributed by atoms with Crippen molar-refractivity contribution in [2.75, 3.05) is 0 Å². The molecule has 0 saturated heterocycles. The van der Waals surface area contributed by atoms with E-state index in [2.05, 4.69) is 10.9 Å². The third-order valence-corrected chi connectivity index (χ3v) is 3.41. The van der Waals surface area contributed by atoms with E-state index in [1.807, 2.05) is 0 Å². The number of hydrazine groups is 1. The van der Waals surface area contributed by atoms with Gasteiger partial charge in [0.1, 0.15) is 17.3 Å². The molecule has 0 aliphatic heterocycles. The van der Waals surface area contributed by atoms with Gasteiger partial charge in [-0.1, -0.05) is 23.7 Å². The lowest BCUT2D eigenvalue weighted by molar-refractivity contribution is -0.128. The van der Waals surface area contributed by atoms with Crippen LogP contribution in [0.2, 0.25) is 5.02 Å². The third kappa shape index (κ3) is 4.26. The van der Waals surface area contributed by atoms with E-state index in [-0.39, 0.29) is 0 Å². The molecular formula is C16H17ClN2O4. The maximum Gasteiger partial charge on any atom is 0.279 e. The molecule has 6 nitrogen and oxygen atoms in total. The van der Waals surface area contributed by atoms with Crippen molar-refractivity contribution in [2.24, 2.45) is 0 Å². The van der Waals surface area contributed by atoms with Gasteiger partial charge in [-0.25, -0.2) is 0 Å². The summed E-state index contributed by atoms with van der Waals surface area (Å²) >= 11 is 5.96. The fourth-order valence-corrected chi connectivity index (χ4v) is 2.11. The molecule has 23 heavy (non-hydrogen) atoms. The van der Waals surface area contributed by atoms with Crippen LogP contribution in [0.15, 0.2) is 34.7 Å². The Kier molecular flexibility index (Phi) is 5.28. The summed E-state index contributed by atoms with van der Waals surface area (Å²) < 4.78 is 10.7.